The van der Waals surface area contributed by atoms with E-state index in [2.05, 4.69) is 19.3 Å². The van der Waals surface area contributed by atoms with E-state index in [-0.39, 0.29) is 0 Å². The van der Waals surface area contributed by atoms with Gasteiger partial charge in [-0.2, -0.15) is 0 Å². The third-order valence-corrected chi connectivity index (χ3v) is 3.15. The van der Waals surface area contributed by atoms with Gasteiger partial charge < -0.3 is 5.32 Å². The molecule has 1 aliphatic carbocycles. The fourth-order valence-corrected chi connectivity index (χ4v) is 2.22. The van der Waals surface area contributed by atoms with E-state index in [0.29, 0.717) is 6.04 Å². The van der Waals surface area contributed by atoms with Gasteiger partial charge in [-0.1, -0.05) is 38.5 Å². The van der Waals surface area contributed by atoms with E-state index >= 15 is 0 Å². The van der Waals surface area contributed by atoms with Gasteiger partial charge in [-0.05, 0) is 26.3 Å². The second kappa shape index (κ2) is 5.58. The molecule has 12 heavy (non-hydrogen) atoms. The van der Waals surface area contributed by atoms with Gasteiger partial charge in [-0.15, -0.1) is 0 Å². The zero-order chi connectivity index (χ0) is 8.81. The molecule has 0 amide bonds. The number of nitrogens with one attached hydrogen (secondary N) is 1. The fraction of sp³-hybridized carbons (Fsp3) is 1.00. The molecule has 1 aliphatic rings. The van der Waals surface area contributed by atoms with Crippen LogP contribution >= 0.6 is 0 Å². The first-order chi connectivity index (χ1) is 5.83. The average Bonchev–Trinajstić information content (AvgIpc) is 2.33. The molecule has 0 aliphatic heterocycles. The largest absolute Gasteiger partial charge is 0.317 e. The van der Waals surface area contributed by atoms with Crippen molar-refractivity contribution in [2.45, 2.75) is 57.9 Å². The molecule has 72 valence electrons. The molecule has 0 bridgehead atoms. The highest BCUT2D eigenvalue weighted by Gasteiger charge is 2.14. The summed E-state index contributed by atoms with van der Waals surface area (Å²) in [7, 11) is 2.07. The molecule has 0 heterocycles. The number of hydrogen-bond donors (Lipinski definition) is 1. The van der Waals surface area contributed by atoms with Gasteiger partial charge in [-0.3, -0.25) is 0 Å². The van der Waals surface area contributed by atoms with E-state index in [9.17, 15) is 0 Å². The highest BCUT2D eigenvalue weighted by Crippen LogP contribution is 2.26. The highest BCUT2D eigenvalue weighted by molar-refractivity contribution is 4.69. The van der Waals surface area contributed by atoms with Crippen LogP contribution in [0.4, 0.5) is 0 Å². The van der Waals surface area contributed by atoms with Crippen LogP contribution in [0, 0.1) is 5.92 Å². The second-order valence-electron chi connectivity index (χ2n) is 4.28. The SMILES string of the molecule is CNC(C)CC1CCCCCC1. The Balaban J connectivity index is 2.20. The van der Waals surface area contributed by atoms with Gasteiger partial charge in [0.25, 0.3) is 0 Å². The van der Waals surface area contributed by atoms with Crippen molar-refractivity contribution >= 4 is 0 Å². The van der Waals surface area contributed by atoms with Gasteiger partial charge in [0.2, 0.25) is 0 Å². The van der Waals surface area contributed by atoms with E-state index in [4.69, 9.17) is 0 Å². The van der Waals surface area contributed by atoms with Crippen LogP contribution in [0.5, 0.6) is 0 Å². The van der Waals surface area contributed by atoms with E-state index < -0.39 is 0 Å². The molecule has 1 nitrogen and oxygen atoms in total. The third kappa shape index (κ3) is 3.57. The topological polar surface area (TPSA) is 12.0 Å². The van der Waals surface area contributed by atoms with Crippen molar-refractivity contribution in [3.8, 4) is 0 Å². The first kappa shape index (κ1) is 10.0. The molecule has 1 unspecified atom stereocenters. The van der Waals surface area contributed by atoms with E-state index in [1.807, 2.05) is 0 Å². The smallest absolute Gasteiger partial charge is 0.00383 e. The van der Waals surface area contributed by atoms with Crippen molar-refractivity contribution in [2.24, 2.45) is 5.92 Å². The molecular weight excluding hydrogens is 146 g/mol. The Bertz CT molecular complexity index is 104. The molecule has 0 saturated heterocycles. The maximum atomic E-state index is 3.33. The summed E-state index contributed by atoms with van der Waals surface area (Å²) in [6.07, 6.45) is 10.2. The lowest BCUT2D eigenvalue weighted by atomic mass is 9.93. The third-order valence-electron chi connectivity index (χ3n) is 3.15. The van der Waals surface area contributed by atoms with Crippen LogP contribution in [0.1, 0.15) is 51.9 Å². The average molecular weight is 169 g/mol. The molecule has 0 spiro atoms. The summed E-state index contributed by atoms with van der Waals surface area (Å²) in [5, 5.41) is 3.33. The molecule has 0 aromatic rings. The van der Waals surface area contributed by atoms with Gasteiger partial charge >= 0.3 is 0 Å². The Morgan fingerprint density at radius 1 is 1.17 bits per heavy atom. The summed E-state index contributed by atoms with van der Waals surface area (Å²) in [6.45, 7) is 2.30. The van der Waals surface area contributed by atoms with E-state index in [1.165, 1.54) is 44.9 Å². The van der Waals surface area contributed by atoms with Gasteiger partial charge in [0.15, 0.2) is 0 Å². The van der Waals surface area contributed by atoms with Crippen LogP contribution < -0.4 is 5.32 Å². The van der Waals surface area contributed by atoms with Crippen LogP contribution in [0.25, 0.3) is 0 Å². The molecule has 1 rings (SSSR count). The van der Waals surface area contributed by atoms with Crippen LogP contribution in [0.3, 0.4) is 0 Å². The first-order valence-electron chi connectivity index (χ1n) is 5.50. The first-order valence-corrected chi connectivity index (χ1v) is 5.50. The highest BCUT2D eigenvalue weighted by atomic mass is 14.8. The maximum Gasteiger partial charge on any atom is 0.00383 e. The second-order valence-corrected chi connectivity index (χ2v) is 4.28. The van der Waals surface area contributed by atoms with Gasteiger partial charge in [-0.25, -0.2) is 0 Å². The minimum atomic E-state index is 0.716. The predicted molar refractivity (Wildman–Crippen MR) is 54.3 cm³/mol. The van der Waals surface area contributed by atoms with Gasteiger partial charge in [0, 0.05) is 6.04 Å². The van der Waals surface area contributed by atoms with E-state index in [1.54, 1.807) is 0 Å². The van der Waals surface area contributed by atoms with Gasteiger partial charge in [0.1, 0.15) is 0 Å². The molecule has 0 aromatic carbocycles. The summed E-state index contributed by atoms with van der Waals surface area (Å²) >= 11 is 0. The van der Waals surface area contributed by atoms with Crippen molar-refractivity contribution < 1.29 is 0 Å². The lowest BCUT2D eigenvalue weighted by molar-refractivity contribution is 0.376. The molecule has 1 heteroatoms. The van der Waals surface area contributed by atoms with Crippen molar-refractivity contribution in [1.29, 1.82) is 0 Å². The summed E-state index contributed by atoms with van der Waals surface area (Å²) < 4.78 is 0. The van der Waals surface area contributed by atoms with Crippen molar-refractivity contribution in [2.75, 3.05) is 7.05 Å². The zero-order valence-corrected chi connectivity index (χ0v) is 8.60. The summed E-state index contributed by atoms with van der Waals surface area (Å²) in [5.74, 6) is 1.01. The molecule has 1 saturated carbocycles. The Morgan fingerprint density at radius 3 is 2.25 bits per heavy atom. The molecule has 1 atom stereocenters. The Morgan fingerprint density at radius 2 is 1.75 bits per heavy atom. The molecule has 0 radical (unpaired) electrons. The van der Waals surface area contributed by atoms with Crippen molar-refractivity contribution in [3.05, 3.63) is 0 Å². The Labute approximate surface area is 76.9 Å². The monoisotopic (exact) mass is 169 g/mol. The molecule has 1 fully saturated rings. The van der Waals surface area contributed by atoms with Crippen LogP contribution in [-0.4, -0.2) is 13.1 Å². The summed E-state index contributed by atoms with van der Waals surface area (Å²) in [4.78, 5) is 0. The Kier molecular flexibility index (Phi) is 4.67. The molecular formula is C11H23N. The number of hydrogen-bond acceptors (Lipinski definition) is 1. The fourth-order valence-electron chi connectivity index (χ4n) is 2.22. The lowest BCUT2D eigenvalue weighted by Gasteiger charge is -2.18. The standard InChI is InChI=1S/C11H23N/c1-10(12-2)9-11-7-5-3-4-6-8-11/h10-12H,3-9H2,1-2H3. The Hall–Kier alpha value is -0.0400. The summed E-state index contributed by atoms with van der Waals surface area (Å²) in [5.41, 5.74) is 0. The minimum absolute atomic E-state index is 0.716. The predicted octanol–water partition coefficient (Wildman–Crippen LogP) is 2.95. The molecule has 0 aromatic heterocycles. The summed E-state index contributed by atoms with van der Waals surface area (Å²) in [6, 6.07) is 0.716. The van der Waals surface area contributed by atoms with Crippen molar-refractivity contribution in [1.82, 2.24) is 5.32 Å². The minimum Gasteiger partial charge on any atom is -0.317 e. The molecule has 1 N–H and O–H groups in total. The number of rotatable bonds is 3. The van der Waals surface area contributed by atoms with Gasteiger partial charge in [0.05, 0.1) is 0 Å². The normalized spacial score (nSPS) is 23.5. The lowest BCUT2D eigenvalue weighted by Crippen LogP contribution is -2.24. The zero-order valence-electron chi connectivity index (χ0n) is 8.60. The maximum absolute atomic E-state index is 3.33. The quantitative estimate of drug-likeness (QED) is 0.640. The van der Waals surface area contributed by atoms with E-state index in [0.717, 1.165) is 5.92 Å². The van der Waals surface area contributed by atoms with Crippen LogP contribution in [0.15, 0.2) is 0 Å². The van der Waals surface area contributed by atoms with Crippen molar-refractivity contribution in [3.63, 3.8) is 0 Å². The van der Waals surface area contributed by atoms with Crippen LogP contribution in [0.2, 0.25) is 0 Å². The van der Waals surface area contributed by atoms with Crippen LogP contribution in [-0.2, 0) is 0 Å².